The number of nitrogens with one attached hydrogen (secondary N) is 1. The lowest BCUT2D eigenvalue weighted by Gasteiger charge is -2.19. The number of ketones is 1. The summed E-state index contributed by atoms with van der Waals surface area (Å²) in [6.45, 7) is 3.82. The van der Waals surface area contributed by atoms with E-state index in [1.165, 1.54) is 19.9 Å². The monoisotopic (exact) mass is 369 g/mol. The van der Waals surface area contributed by atoms with Gasteiger partial charge in [0.1, 0.15) is 13.2 Å². The van der Waals surface area contributed by atoms with Crippen LogP contribution in [0.5, 0.6) is 11.5 Å². The SMILES string of the molecule is CC(=O)c1ccc(NC(=O)[C@@H](C)OC(=O)c2ccc3c(c2)OCCO3)cc1. The smallest absolute Gasteiger partial charge is 0.339 e. The Labute approximate surface area is 156 Å². The van der Waals surface area contributed by atoms with Crippen LogP contribution in [0.15, 0.2) is 42.5 Å². The van der Waals surface area contributed by atoms with E-state index in [1.807, 2.05) is 0 Å². The van der Waals surface area contributed by atoms with E-state index in [2.05, 4.69) is 5.32 Å². The molecule has 2 aromatic carbocycles. The summed E-state index contributed by atoms with van der Waals surface area (Å²) in [7, 11) is 0. The minimum Gasteiger partial charge on any atom is -0.486 e. The molecule has 0 radical (unpaired) electrons. The molecule has 0 aliphatic carbocycles. The van der Waals surface area contributed by atoms with Crippen molar-refractivity contribution in [2.24, 2.45) is 0 Å². The van der Waals surface area contributed by atoms with Crippen molar-refractivity contribution in [3.63, 3.8) is 0 Å². The van der Waals surface area contributed by atoms with Crippen LogP contribution in [0.1, 0.15) is 34.6 Å². The molecule has 7 nitrogen and oxygen atoms in total. The van der Waals surface area contributed by atoms with E-state index in [9.17, 15) is 14.4 Å². The lowest BCUT2D eigenvalue weighted by atomic mass is 10.1. The summed E-state index contributed by atoms with van der Waals surface area (Å²) in [5, 5.41) is 2.64. The predicted molar refractivity (Wildman–Crippen MR) is 97.4 cm³/mol. The molecular formula is C20H19NO6. The van der Waals surface area contributed by atoms with E-state index < -0.39 is 18.0 Å². The van der Waals surface area contributed by atoms with Crippen molar-refractivity contribution in [2.75, 3.05) is 18.5 Å². The maximum atomic E-state index is 12.3. The minimum atomic E-state index is -1.00. The number of anilines is 1. The van der Waals surface area contributed by atoms with E-state index in [0.29, 0.717) is 36.0 Å². The summed E-state index contributed by atoms with van der Waals surface area (Å²) in [4.78, 5) is 35.8. The maximum absolute atomic E-state index is 12.3. The Kier molecular flexibility index (Phi) is 5.40. The fourth-order valence-electron chi connectivity index (χ4n) is 2.48. The highest BCUT2D eigenvalue weighted by Crippen LogP contribution is 2.31. The normalized spacial score (nSPS) is 13.4. The number of hydrogen-bond acceptors (Lipinski definition) is 6. The average Bonchev–Trinajstić information content (AvgIpc) is 2.67. The Morgan fingerprint density at radius 3 is 2.26 bits per heavy atom. The summed E-state index contributed by atoms with van der Waals surface area (Å²) >= 11 is 0. The molecule has 1 aliphatic rings. The van der Waals surface area contributed by atoms with E-state index in [-0.39, 0.29) is 11.3 Å². The van der Waals surface area contributed by atoms with Crippen LogP contribution in [-0.2, 0) is 9.53 Å². The molecule has 2 aromatic rings. The van der Waals surface area contributed by atoms with Crippen LogP contribution in [-0.4, -0.2) is 37.0 Å². The van der Waals surface area contributed by atoms with Crippen LogP contribution in [0, 0.1) is 0 Å². The number of Topliss-reactive ketones (excluding diaryl/α,β-unsaturated/α-hetero) is 1. The highest BCUT2D eigenvalue weighted by molar-refractivity contribution is 5.98. The average molecular weight is 369 g/mol. The fraction of sp³-hybridized carbons (Fsp3) is 0.250. The molecule has 0 saturated carbocycles. The lowest BCUT2D eigenvalue weighted by Crippen LogP contribution is -2.30. The number of benzene rings is 2. The number of hydrogen-bond donors (Lipinski definition) is 1. The van der Waals surface area contributed by atoms with Crippen molar-refractivity contribution >= 4 is 23.3 Å². The summed E-state index contributed by atoms with van der Waals surface area (Å²) in [5.74, 6) is -0.136. The van der Waals surface area contributed by atoms with Gasteiger partial charge in [0, 0.05) is 11.3 Å². The molecule has 0 fully saturated rings. The highest BCUT2D eigenvalue weighted by Gasteiger charge is 2.21. The quantitative estimate of drug-likeness (QED) is 0.644. The maximum Gasteiger partial charge on any atom is 0.339 e. The van der Waals surface area contributed by atoms with Crippen molar-refractivity contribution in [1.82, 2.24) is 0 Å². The first-order valence-electron chi connectivity index (χ1n) is 8.46. The van der Waals surface area contributed by atoms with Gasteiger partial charge in [-0.05, 0) is 56.3 Å². The van der Waals surface area contributed by atoms with Crippen molar-refractivity contribution in [3.8, 4) is 11.5 Å². The zero-order chi connectivity index (χ0) is 19.4. The summed E-state index contributed by atoms with van der Waals surface area (Å²) in [6.07, 6.45) is -1.00. The molecule has 1 aliphatic heterocycles. The number of ether oxygens (including phenoxy) is 3. The van der Waals surface area contributed by atoms with E-state index in [0.717, 1.165) is 0 Å². The van der Waals surface area contributed by atoms with Gasteiger partial charge in [-0.2, -0.15) is 0 Å². The fourth-order valence-corrected chi connectivity index (χ4v) is 2.48. The topological polar surface area (TPSA) is 90.9 Å². The second kappa shape index (κ2) is 7.90. The van der Waals surface area contributed by atoms with Gasteiger partial charge >= 0.3 is 5.97 Å². The molecule has 27 heavy (non-hydrogen) atoms. The van der Waals surface area contributed by atoms with Gasteiger partial charge in [0.2, 0.25) is 0 Å². The Morgan fingerprint density at radius 2 is 1.59 bits per heavy atom. The molecule has 0 aromatic heterocycles. The Morgan fingerprint density at radius 1 is 0.963 bits per heavy atom. The number of rotatable bonds is 5. The van der Waals surface area contributed by atoms with Gasteiger partial charge in [0.25, 0.3) is 5.91 Å². The van der Waals surface area contributed by atoms with Gasteiger partial charge in [-0.3, -0.25) is 9.59 Å². The van der Waals surface area contributed by atoms with Crippen molar-refractivity contribution in [1.29, 1.82) is 0 Å². The molecule has 0 unspecified atom stereocenters. The molecule has 1 N–H and O–H groups in total. The zero-order valence-corrected chi connectivity index (χ0v) is 15.0. The van der Waals surface area contributed by atoms with E-state index >= 15 is 0 Å². The number of carbonyl (C=O) groups excluding carboxylic acids is 3. The van der Waals surface area contributed by atoms with Crippen LogP contribution in [0.4, 0.5) is 5.69 Å². The third-order valence-corrected chi connectivity index (χ3v) is 3.99. The Balaban J connectivity index is 1.60. The third-order valence-electron chi connectivity index (χ3n) is 3.99. The number of carbonyl (C=O) groups is 3. The molecule has 0 spiro atoms. The largest absolute Gasteiger partial charge is 0.486 e. The molecule has 0 saturated heterocycles. The molecule has 0 bridgehead atoms. The minimum absolute atomic E-state index is 0.0606. The van der Waals surface area contributed by atoms with Gasteiger partial charge in [-0.15, -0.1) is 0 Å². The molecule has 3 rings (SSSR count). The van der Waals surface area contributed by atoms with Gasteiger partial charge < -0.3 is 19.5 Å². The zero-order valence-electron chi connectivity index (χ0n) is 15.0. The van der Waals surface area contributed by atoms with Crippen LogP contribution < -0.4 is 14.8 Å². The highest BCUT2D eigenvalue weighted by atomic mass is 16.6. The van der Waals surface area contributed by atoms with Gasteiger partial charge in [0.15, 0.2) is 23.4 Å². The standard InChI is InChI=1S/C20H19NO6/c1-12(22)14-3-6-16(7-4-14)21-19(23)13(2)27-20(24)15-5-8-17-18(11-15)26-10-9-25-17/h3-8,11,13H,9-10H2,1-2H3,(H,21,23)/t13-/m1/s1. The van der Waals surface area contributed by atoms with Gasteiger partial charge in [-0.25, -0.2) is 4.79 Å². The second-order valence-electron chi connectivity index (χ2n) is 6.03. The first kappa shape index (κ1) is 18.4. The summed E-state index contributed by atoms with van der Waals surface area (Å²) < 4.78 is 16.1. The van der Waals surface area contributed by atoms with Gasteiger partial charge in [-0.1, -0.05) is 0 Å². The van der Waals surface area contributed by atoms with Crippen molar-refractivity contribution < 1.29 is 28.6 Å². The van der Waals surface area contributed by atoms with Crippen molar-refractivity contribution in [3.05, 3.63) is 53.6 Å². The van der Waals surface area contributed by atoms with Crippen LogP contribution in [0.25, 0.3) is 0 Å². The number of amides is 1. The summed E-state index contributed by atoms with van der Waals surface area (Å²) in [5.41, 5.74) is 1.32. The van der Waals surface area contributed by atoms with E-state index in [1.54, 1.807) is 36.4 Å². The Hall–Kier alpha value is -3.35. The third kappa shape index (κ3) is 4.44. The van der Waals surface area contributed by atoms with Gasteiger partial charge in [0.05, 0.1) is 5.56 Å². The van der Waals surface area contributed by atoms with Crippen molar-refractivity contribution in [2.45, 2.75) is 20.0 Å². The Bertz CT molecular complexity index is 875. The predicted octanol–water partition coefficient (Wildman–Crippen LogP) is 2.84. The first-order chi connectivity index (χ1) is 12.9. The molecule has 140 valence electrons. The molecule has 1 atom stereocenters. The van der Waals surface area contributed by atoms with E-state index in [4.69, 9.17) is 14.2 Å². The van der Waals surface area contributed by atoms with Crippen LogP contribution in [0.2, 0.25) is 0 Å². The van der Waals surface area contributed by atoms with Crippen LogP contribution >= 0.6 is 0 Å². The molecule has 7 heteroatoms. The molecule has 1 heterocycles. The summed E-state index contributed by atoms with van der Waals surface area (Å²) in [6, 6.07) is 11.2. The molecular weight excluding hydrogens is 350 g/mol. The molecule has 1 amide bonds. The van der Waals surface area contributed by atoms with Crippen LogP contribution in [0.3, 0.4) is 0 Å². The lowest BCUT2D eigenvalue weighted by molar-refractivity contribution is -0.123. The second-order valence-corrected chi connectivity index (χ2v) is 6.03. The first-order valence-corrected chi connectivity index (χ1v) is 8.46. The number of esters is 1. The number of fused-ring (bicyclic) bond motifs is 1.